The average Bonchev–Trinajstić information content (AvgIpc) is 3.11. The summed E-state index contributed by atoms with van der Waals surface area (Å²) in [4.78, 5) is 34.7. The summed E-state index contributed by atoms with van der Waals surface area (Å²) in [6.07, 6.45) is 7.00. The number of anilines is 1. The van der Waals surface area contributed by atoms with Gasteiger partial charge in [-0.05, 0) is 113 Å². The van der Waals surface area contributed by atoms with Gasteiger partial charge < -0.3 is 24.5 Å². The van der Waals surface area contributed by atoms with Gasteiger partial charge in [-0.1, -0.05) is 44.0 Å². The van der Waals surface area contributed by atoms with Crippen LogP contribution in [0.4, 0.5) is 5.69 Å². The van der Waals surface area contributed by atoms with Crippen LogP contribution in [0.15, 0.2) is 47.9 Å². The Labute approximate surface area is 321 Å². The van der Waals surface area contributed by atoms with E-state index in [-0.39, 0.29) is 28.2 Å². The van der Waals surface area contributed by atoms with Crippen LogP contribution in [0.5, 0.6) is 5.75 Å². The van der Waals surface area contributed by atoms with Gasteiger partial charge in [0.1, 0.15) is 12.4 Å². The summed E-state index contributed by atoms with van der Waals surface area (Å²) in [5.74, 6) is 0.176. The lowest BCUT2D eigenvalue weighted by molar-refractivity contribution is -0.142. The number of β-amino-alcohol motifs (C(OH)–C–C–N with tert-alkyl or cyclic N) is 1. The van der Waals surface area contributed by atoms with Crippen molar-refractivity contribution in [3.8, 4) is 5.75 Å². The number of allylic oxidation sites excluding steroid dienone is 1. The second kappa shape index (κ2) is 18.0. The molecule has 11 nitrogen and oxygen atoms in total. The number of piperazine rings is 1. The zero-order valence-electron chi connectivity index (χ0n) is 31.9. The lowest BCUT2D eigenvalue weighted by Gasteiger charge is -2.51. The Balaban J connectivity index is 1.40. The molecule has 1 saturated carbocycles. The SMILES string of the molecule is C=C(C)S(=O)(=O)NC(=O)c1ccc2c(c1)N(C[C@@H]1CC[C@H]1[C@@](O)(CCCC)CN1CCN(CCN(C)C)C(=O)C1)CCCCc1cc(Cl)ccc1CO2. The fourth-order valence-electron chi connectivity index (χ4n) is 7.83. The van der Waals surface area contributed by atoms with Gasteiger partial charge in [-0.25, -0.2) is 13.1 Å². The van der Waals surface area contributed by atoms with Crippen molar-refractivity contribution in [1.82, 2.24) is 19.4 Å². The van der Waals surface area contributed by atoms with E-state index in [4.69, 9.17) is 16.3 Å². The number of halogens is 1. The van der Waals surface area contributed by atoms with Gasteiger partial charge in [0.15, 0.2) is 0 Å². The van der Waals surface area contributed by atoms with Gasteiger partial charge in [0.05, 0.1) is 22.7 Å². The van der Waals surface area contributed by atoms with Crippen LogP contribution in [0.1, 0.15) is 80.3 Å². The fraction of sp³-hybridized carbons (Fsp3) is 0.600. The topological polar surface area (TPSA) is 123 Å². The number of sulfonamides is 1. The molecule has 13 heteroatoms. The van der Waals surface area contributed by atoms with E-state index in [1.807, 2.05) is 37.2 Å². The van der Waals surface area contributed by atoms with Crippen molar-refractivity contribution in [3.63, 3.8) is 0 Å². The largest absolute Gasteiger partial charge is 0.487 e. The molecule has 292 valence electrons. The lowest BCUT2D eigenvalue weighted by Crippen LogP contribution is -2.60. The molecule has 2 heterocycles. The number of unbranched alkanes of at least 4 members (excludes halogenated alkanes) is 1. The quantitative estimate of drug-likeness (QED) is 0.263. The Kier molecular flexibility index (Phi) is 13.9. The highest BCUT2D eigenvalue weighted by Gasteiger charge is 2.48. The van der Waals surface area contributed by atoms with Crippen LogP contribution in [0.2, 0.25) is 5.02 Å². The first kappa shape index (κ1) is 41.0. The summed E-state index contributed by atoms with van der Waals surface area (Å²) in [7, 11) is -0.00453. The number of hydrogen-bond donors (Lipinski definition) is 2. The van der Waals surface area contributed by atoms with Crippen molar-refractivity contribution in [2.45, 2.75) is 77.4 Å². The molecule has 1 aliphatic carbocycles. The number of ether oxygens (including phenoxy) is 1. The molecule has 0 spiro atoms. The number of hydrogen-bond acceptors (Lipinski definition) is 9. The molecular weight excluding hydrogens is 714 g/mol. The Hall–Kier alpha value is -3.16. The second-order valence-corrected chi connectivity index (χ2v) is 17.8. The number of nitrogens with one attached hydrogen (secondary N) is 1. The predicted molar refractivity (Wildman–Crippen MR) is 211 cm³/mol. The number of likely N-dealkylation sites (N-methyl/N-ethyl adjacent to an activating group) is 1. The Bertz CT molecular complexity index is 1740. The van der Waals surface area contributed by atoms with Gasteiger partial charge in [-0.3, -0.25) is 14.5 Å². The molecule has 0 unspecified atom stereocenters. The fourth-order valence-corrected chi connectivity index (χ4v) is 8.56. The van der Waals surface area contributed by atoms with Crippen LogP contribution in [0.25, 0.3) is 0 Å². The molecule has 2 amide bonds. The summed E-state index contributed by atoms with van der Waals surface area (Å²) < 4.78 is 33.7. The van der Waals surface area contributed by atoms with Crippen LogP contribution in [0, 0.1) is 11.8 Å². The van der Waals surface area contributed by atoms with E-state index in [1.54, 1.807) is 18.2 Å². The second-order valence-electron chi connectivity index (χ2n) is 15.5. The van der Waals surface area contributed by atoms with Gasteiger partial charge in [0, 0.05) is 56.4 Å². The summed E-state index contributed by atoms with van der Waals surface area (Å²) in [5.41, 5.74) is 2.15. The molecule has 0 radical (unpaired) electrons. The third kappa shape index (κ3) is 10.5. The molecule has 2 fully saturated rings. The minimum atomic E-state index is -4.02. The monoisotopic (exact) mass is 771 g/mol. The molecule has 2 aromatic carbocycles. The first-order valence-corrected chi connectivity index (χ1v) is 20.9. The number of nitrogens with zero attached hydrogens (tertiary/aromatic N) is 4. The van der Waals surface area contributed by atoms with E-state index in [1.165, 1.54) is 6.92 Å². The smallest absolute Gasteiger partial charge is 0.265 e. The molecule has 3 aliphatic rings. The third-order valence-corrected chi connectivity index (χ3v) is 12.8. The minimum Gasteiger partial charge on any atom is -0.487 e. The first-order chi connectivity index (χ1) is 25.2. The zero-order valence-corrected chi connectivity index (χ0v) is 33.5. The van der Waals surface area contributed by atoms with Crippen LogP contribution in [0.3, 0.4) is 0 Å². The molecular formula is C40H58ClN5O6S. The molecule has 3 atom stereocenters. The number of carbonyl (C=O) groups is 2. The number of benzene rings is 2. The van der Waals surface area contributed by atoms with Crippen molar-refractivity contribution in [2.24, 2.45) is 11.8 Å². The highest BCUT2D eigenvalue weighted by Crippen LogP contribution is 2.46. The molecule has 2 N–H and O–H groups in total. The average molecular weight is 772 g/mol. The van der Waals surface area contributed by atoms with E-state index >= 15 is 0 Å². The van der Waals surface area contributed by atoms with Gasteiger partial charge in [-0.2, -0.15) is 0 Å². The number of aryl methyl sites for hydroxylation is 1. The first-order valence-electron chi connectivity index (χ1n) is 19.1. The van der Waals surface area contributed by atoms with E-state index in [9.17, 15) is 23.1 Å². The van der Waals surface area contributed by atoms with Crippen molar-refractivity contribution in [2.75, 3.05) is 71.4 Å². The maximum Gasteiger partial charge on any atom is 0.265 e. The van der Waals surface area contributed by atoms with Crippen molar-refractivity contribution >= 4 is 39.1 Å². The lowest BCUT2D eigenvalue weighted by atomic mass is 9.63. The summed E-state index contributed by atoms with van der Waals surface area (Å²) in [6.45, 7) is 12.3. The molecule has 2 aromatic rings. The van der Waals surface area contributed by atoms with E-state index in [2.05, 4.69) is 32.9 Å². The third-order valence-electron chi connectivity index (χ3n) is 11.2. The Morgan fingerprint density at radius 2 is 1.89 bits per heavy atom. The number of carbonyl (C=O) groups excluding carboxylic acids is 2. The van der Waals surface area contributed by atoms with Crippen LogP contribution in [-0.4, -0.2) is 112 Å². The maximum atomic E-state index is 13.3. The highest BCUT2D eigenvalue weighted by atomic mass is 35.5. The molecule has 5 rings (SSSR count). The van der Waals surface area contributed by atoms with E-state index in [0.29, 0.717) is 68.8 Å². The van der Waals surface area contributed by atoms with Crippen LogP contribution in [-0.2, 0) is 27.8 Å². The van der Waals surface area contributed by atoms with Gasteiger partial charge >= 0.3 is 0 Å². The zero-order chi connectivity index (χ0) is 38.3. The maximum absolute atomic E-state index is 13.3. The Morgan fingerprint density at radius 1 is 1.09 bits per heavy atom. The molecule has 1 saturated heterocycles. The summed E-state index contributed by atoms with van der Waals surface area (Å²) in [5, 5.41) is 13.2. The predicted octanol–water partition coefficient (Wildman–Crippen LogP) is 5.31. The minimum absolute atomic E-state index is 0.0389. The summed E-state index contributed by atoms with van der Waals surface area (Å²) in [6, 6.07) is 10.9. The van der Waals surface area contributed by atoms with Crippen molar-refractivity contribution in [3.05, 3.63) is 69.6 Å². The number of rotatable bonds is 14. The van der Waals surface area contributed by atoms with E-state index < -0.39 is 21.5 Å². The number of aliphatic hydroxyl groups is 1. The van der Waals surface area contributed by atoms with Crippen LogP contribution >= 0.6 is 11.6 Å². The van der Waals surface area contributed by atoms with Crippen molar-refractivity contribution in [1.29, 1.82) is 0 Å². The highest BCUT2D eigenvalue weighted by molar-refractivity contribution is 7.93. The normalized spacial score (nSPS) is 21.1. The van der Waals surface area contributed by atoms with E-state index in [0.717, 1.165) is 69.2 Å². The van der Waals surface area contributed by atoms with Gasteiger partial charge in [0.2, 0.25) is 5.91 Å². The number of fused-ring (bicyclic) bond motifs is 2. The molecule has 0 aromatic heterocycles. The molecule has 53 heavy (non-hydrogen) atoms. The van der Waals surface area contributed by atoms with Gasteiger partial charge in [-0.15, -0.1) is 0 Å². The standard InChI is InChI=1S/C40H58ClN5O6S/c1-6-7-17-40(49,28-44-20-22-45(38(47)26-44)21-19-43(4)5)35-15-12-32(35)25-46-18-9-8-10-30-23-34(41)14-11-33(30)27-52-37-16-13-31(24-36(37)46)39(48)42-53(50,51)29(2)3/h11,13-14,16,23-24,32,35,49H,2,6-10,12,15,17-22,25-28H2,1,3-5H3,(H,42,48)/t32-,35+,40+/m0/s1. The number of amides is 2. The Morgan fingerprint density at radius 3 is 2.57 bits per heavy atom. The molecule has 0 bridgehead atoms. The summed E-state index contributed by atoms with van der Waals surface area (Å²) >= 11 is 6.37. The van der Waals surface area contributed by atoms with Gasteiger partial charge in [0.25, 0.3) is 15.9 Å². The van der Waals surface area contributed by atoms with Crippen LogP contribution < -0.4 is 14.4 Å². The molecule has 2 aliphatic heterocycles. The van der Waals surface area contributed by atoms with Crippen molar-refractivity contribution < 1.29 is 27.9 Å².